The molecule has 0 saturated heterocycles. The SMILES string of the molecule is C#CC(C)(C)N(CC(F)F)C1CC1. The highest BCUT2D eigenvalue weighted by atomic mass is 19.3. The Bertz CT molecular complexity index is 213. The van der Waals surface area contributed by atoms with E-state index in [4.69, 9.17) is 6.42 Å². The molecule has 0 unspecified atom stereocenters. The Morgan fingerprint density at radius 1 is 1.54 bits per heavy atom. The van der Waals surface area contributed by atoms with E-state index in [9.17, 15) is 8.78 Å². The van der Waals surface area contributed by atoms with Crippen molar-refractivity contribution in [3.63, 3.8) is 0 Å². The fraction of sp³-hybridized carbons (Fsp3) is 0.800. The van der Waals surface area contributed by atoms with E-state index in [1.807, 2.05) is 13.8 Å². The quantitative estimate of drug-likeness (QED) is 0.609. The molecule has 0 spiro atoms. The molecule has 3 heteroatoms. The molecule has 1 nitrogen and oxygen atoms in total. The molecule has 1 saturated carbocycles. The lowest BCUT2D eigenvalue weighted by Crippen LogP contribution is -2.46. The highest BCUT2D eigenvalue weighted by Gasteiger charge is 2.38. The van der Waals surface area contributed by atoms with Gasteiger partial charge in [-0.1, -0.05) is 5.92 Å². The summed E-state index contributed by atoms with van der Waals surface area (Å²) in [5.41, 5.74) is -0.544. The number of halogens is 2. The maximum atomic E-state index is 12.2. The van der Waals surface area contributed by atoms with Gasteiger partial charge in [0.15, 0.2) is 0 Å². The van der Waals surface area contributed by atoms with Crippen molar-refractivity contribution in [3.8, 4) is 12.3 Å². The van der Waals surface area contributed by atoms with Gasteiger partial charge in [0.1, 0.15) is 0 Å². The van der Waals surface area contributed by atoms with Gasteiger partial charge in [-0.25, -0.2) is 8.78 Å². The Labute approximate surface area is 78.1 Å². The molecule has 0 aromatic carbocycles. The second kappa shape index (κ2) is 3.63. The highest BCUT2D eigenvalue weighted by Crippen LogP contribution is 2.32. The van der Waals surface area contributed by atoms with Gasteiger partial charge in [0.25, 0.3) is 6.43 Å². The fourth-order valence-corrected chi connectivity index (χ4v) is 1.45. The van der Waals surface area contributed by atoms with Gasteiger partial charge in [0, 0.05) is 6.04 Å². The van der Waals surface area contributed by atoms with E-state index in [0.29, 0.717) is 0 Å². The predicted molar refractivity (Wildman–Crippen MR) is 48.6 cm³/mol. The summed E-state index contributed by atoms with van der Waals surface area (Å²) < 4.78 is 24.5. The number of nitrogens with zero attached hydrogens (tertiary/aromatic N) is 1. The molecule has 0 radical (unpaired) electrons. The maximum Gasteiger partial charge on any atom is 0.251 e. The average Bonchev–Trinajstić information content (AvgIpc) is 2.82. The molecule has 0 aliphatic heterocycles. The molecule has 1 fully saturated rings. The summed E-state index contributed by atoms with van der Waals surface area (Å²) in [5.74, 6) is 2.56. The minimum atomic E-state index is -2.30. The van der Waals surface area contributed by atoms with Crippen LogP contribution in [-0.2, 0) is 0 Å². The van der Waals surface area contributed by atoms with E-state index in [-0.39, 0.29) is 12.6 Å². The molecule has 0 N–H and O–H groups in total. The number of alkyl halides is 2. The Morgan fingerprint density at radius 3 is 2.38 bits per heavy atom. The third kappa shape index (κ3) is 2.67. The van der Waals surface area contributed by atoms with Gasteiger partial charge < -0.3 is 0 Å². The van der Waals surface area contributed by atoms with Crippen molar-refractivity contribution < 1.29 is 8.78 Å². The summed E-state index contributed by atoms with van der Waals surface area (Å²) in [6, 6.07) is 0.278. The smallest absolute Gasteiger partial charge is 0.251 e. The first-order chi connectivity index (χ1) is 5.97. The molecule has 0 atom stereocenters. The maximum absolute atomic E-state index is 12.2. The summed E-state index contributed by atoms with van der Waals surface area (Å²) in [6.07, 6.45) is 5.01. The van der Waals surface area contributed by atoms with Crippen LogP contribution in [0.2, 0.25) is 0 Å². The minimum absolute atomic E-state index is 0.206. The van der Waals surface area contributed by atoms with E-state index in [1.165, 1.54) is 0 Å². The lowest BCUT2D eigenvalue weighted by atomic mass is 10.0. The van der Waals surface area contributed by atoms with Crippen LogP contribution in [0.3, 0.4) is 0 Å². The van der Waals surface area contributed by atoms with Crippen molar-refractivity contribution in [3.05, 3.63) is 0 Å². The van der Waals surface area contributed by atoms with Gasteiger partial charge >= 0.3 is 0 Å². The summed E-state index contributed by atoms with van der Waals surface area (Å²) in [5, 5.41) is 0. The molecule has 1 aliphatic carbocycles. The zero-order chi connectivity index (χ0) is 10.1. The Kier molecular flexibility index (Phi) is 2.92. The zero-order valence-corrected chi connectivity index (χ0v) is 8.06. The predicted octanol–water partition coefficient (Wildman–Crippen LogP) is 2.13. The Balaban J connectivity index is 2.62. The van der Waals surface area contributed by atoms with E-state index in [0.717, 1.165) is 12.8 Å². The summed E-state index contributed by atoms with van der Waals surface area (Å²) in [4.78, 5) is 1.73. The molecule has 74 valence electrons. The van der Waals surface area contributed by atoms with Gasteiger partial charge in [-0.3, -0.25) is 4.90 Å². The summed E-state index contributed by atoms with van der Waals surface area (Å²) in [6.45, 7) is 3.42. The standard InChI is InChI=1S/C10H15F2N/c1-4-10(2,3)13(7-9(11)12)8-5-6-8/h1,8-9H,5-7H2,2-3H3. The van der Waals surface area contributed by atoms with Crippen molar-refractivity contribution in [2.75, 3.05) is 6.54 Å². The first kappa shape index (κ1) is 10.5. The van der Waals surface area contributed by atoms with Gasteiger partial charge in [0.2, 0.25) is 0 Å². The molecule has 13 heavy (non-hydrogen) atoms. The van der Waals surface area contributed by atoms with Crippen LogP contribution in [0.5, 0.6) is 0 Å². The van der Waals surface area contributed by atoms with E-state index < -0.39 is 12.0 Å². The molecule has 0 amide bonds. The van der Waals surface area contributed by atoms with Crippen LogP contribution in [0, 0.1) is 12.3 Å². The average molecular weight is 187 g/mol. The van der Waals surface area contributed by atoms with Gasteiger partial charge in [-0.2, -0.15) is 0 Å². The molecule has 1 rings (SSSR count). The van der Waals surface area contributed by atoms with Crippen molar-refractivity contribution in [2.24, 2.45) is 0 Å². The van der Waals surface area contributed by atoms with Crippen LogP contribution in [0.1, 0.15) is 26.7 Å². The highest BCUT2D eigenvalue weighted by molar-refractivity contribution is 5.11. The number of rotatable bonds is 4. The zero-order valence-electron chi connectivity index (χ0n) is 8.06. The first-order valence-electron chi connectivity index (χ1n) is 4.50. The van der Waals surface area contributed by atoms with Crippen LogP contribution < -0.4 is 0 Å². The minimum Gasteiger partial charge on any atom is -0.279 e. The molecule has 1 aliphatic rings. The van der Waals surface area contributed by atoms with Crippen LogP contribution >= 0.6 is 0 Å². The van der Waals surface area contributed by atoms with E-state index in [2.05, 4.69) is 5.92 Å². The molecule has 0 aromatic rings. The van der Waals surface area contributed by atoms with Crippen molar-refractivity contribution in [1.82, 2.24) is 4.90 Å². The van der Waals surface area contributed by atoms with Gasteiger partial charge in [0.05, 0.1) is 12.1 Å². The molecular weight excluding hydrogens is 172 g/mol. The van der Waals surface area contributed by atoms with Crippen molar-refractivity contribution >= 4 is 0 Å². The second-order valence-corrected chi connectivity index (χ2v) is 3.98. The van der Waals surface area contributed by atoms with E-state index >= 15 is 0 Å². The lowest BCUT2D eigenvalue weighted by Gasteiger charge is -2.34. The van der Waals surface area contributed by atoms with Gasteiger partial charge in [-0.15, -0.1) is 6.42 Å². The molecule has 0 heterocycles. The fourth-order valence-electron chi connectivity index (χ4n) is 1.45. The molecule has 0 aromatic heterocycles. The number of hydrogen-bond donors (Lipinski definition) is 0. The van der Waals surface area contributed by atoms with Crippen molar-refractivity contribution in [2.45, 2.75) is 44.7 Å². The largest absolute Gasteiger partial charge is 0.279 e. The van der Waals surface area contributed by atoms with Crippen molar-refractivity contribution in [1.29, 1.82) is 0 Å². The Morgan fingerprint density at radius 2 is 2.08 bits per heavy atom. The normalized spacial score (nSPS) is 17.9. The second-order valence-electron chi connectivity index (χ2n) is 3.98. The Hall–Kier alpha value is -0.620. The van der Waals surface area contributed by atoms with Crippen LogP contribution in [0.4, 0.5) is 8.78 Å². The third-order valence-corrected chi connectivity index (χ3v) is 2.39. The van der Waals surface area contributed by atoms with Crippen LogP contribution in [0.25, 0.3) is 0 Å². The topological polar surface area (TPSA) is 3.24 Å². The third-order valence-electron chi connectivity index (χ3n) is 2.39. The monoisotopic (exact) mass is 187 g/mol. The molecule has 0 bridgehead atoms. The van der Waals surface area contributed by atoms with Crippen LogP contribution in [0.15, 0.2) is 0 Å². The van der Waals surface area contributed by atoms with Gasteiger partial charge in [-0.05, 0) is 26.7 Å². The first-order valence-corrected chi connectivity index (χ1v) is 4.50. The number of hydrogen-bond acceptors (Lipinski definition) is 1. The summed E-state index contributed by atoms with van der Waals surface area (Å²) >= 11 is 0. The van der Waals surface area contributed by atoms with E-state index in [1.54, 1.807) is 4.90 Å². The summed E-state index contributed by atoms with van der Waals surface area (Å²) in [7, 11) is 0. The van der Waals surface area contributed by atoms with Crippen LogP contribution in [-0.4, -0.2) is 29.5 Å². The number of terminal acetylenes is 1. The lowest BCUT2D eigenvalue weighted by molar-refractivity contribution is 0.0494. The molecular formula is C10H15F2N.